The summed E-state index contributed by atoms with van der Waals surface area (Å²) in [7, 11) is 2.15. The Kier molecular flexibility index (Phi) is 4.91. The van der Waals surface area contributed by atoms with E-state index in [1.54, 1.807) is 0 Å². The van der Waals surface area contributed by atoms with E-state index < -0.39 is 11.9 Å². The first-order valence-electron chi connectivity index (χ1n) is 6.26. The van der Waals surface area contributed by atoms with Gasteiger partial charge in [-0.25, -0.2) is 9.59 Å². The number of rotatable bonds is 1. The highest BCUT2D eigenvalue weighted by atomic mass is 16.4. The van der Waals surface area contributed by atoms with Crippen LogP contribution in [0.15, 0.2) is 24.3 Å². The Hall–Kier alpha value is -2.30. The monoisotopic (exact) mass is 277 g/mol. The van der Waals surface area contributed by atoms with Crippen molar-refractivity contribution in [2.75, 3.05) is 0 Å². The first-order chi connectivity index (χ1) is 9.25. The van der Waals surface area contributed by atoms with E-state index in [-0.39, 0.29) is 0 Å². The van der Waals surface area contributed by atoms with Crippen LogP contribution in [-0.4, -0.2) is 26.7 Å². The summed E-state index contributed by atoms with van der Waals surface area (Å²) in [5, 5.41) is 16.2. The van der Waals surface area contributed by atoms with Gasteiger partial charge in [0.05, 0.1) is 0 Å². The molecule has 1 aromatic heterocycles. The van der Waals surface area contributed by atoms with Crippen molar-refractivity contribution >= 4 is 22.8 Å². The Bertz CT molecular complexity index is 629. The molecule has 108 valence electrons. The molecule has 0 bridgehead atoms. The molecule has 1 heterocycles. The van der Waals surface area contributed by atoms with Crippen LogP contribution in [0.5, 0.6) is 0 Å². The fourth-order valence-corrected chi connectivity index (χ4v) is 2.08. The van der Waals surface area contributed by atoms with Crippen molar-refractivity contribution < 1.29 is 19.8 Å². The largest absolute Gasteiger partial charge is 0.473 e. The van der Waals surface area contributed by atoms with Gasteiger partial charge >= 0.3 is 11.9 Å². The summed E-state index contributed by atoms with van der Waals surface area (Å²) < 4.78 is 2.30. The van der Waals surface area contributed by atoms with Crippen molar-refractivity contribution in [3.05, 3.63) is 35.5 Å². The second-order valence-corrected chi connectivity index (χ2v) is 4.90. The van der Waals surface area contributed by atoms with Crippen LogP contribution in [-0.2, 0) is 16.6 Å². The molecule has 0 aliphatic rings. The summed E-state index contributed by atoms with van der Waals surface area (Å²) in [5.74, 6) is -3.06. The van der Waals surface area contributed by atoms with Gasteiger partial charge in [0.2, 0.25) is 0 Å². The number of carbonyl (C=O) groups is 2. The Balaban J connectivity index is 0.000000286. The van der Waals surface area contributed by atoms with Gasteiger partial charge < -0.3 is 14.8 Å². The molecule has 5 nitrogen and oxygen atoms in total. The molecular weight excluding hydrogens is 258 g/mol. The molecule has 1 aromatic carbocycles. The van der Waals surface area contributed by atoms with Gasteiger partial charge in [0, 0.05) is 23.6 Å². The first kappa shape index (κ1) is 15.8. The Morgan fingerprint density at radius 3 is 2.10 bits per heavy atom. The minimum Gasteiger partial charge on any atom is -0.473 e. The molecule has 5 heteroatoms. The second-order valence-electron chi connectivity index (χ2n) is 4.90. The topological polar surface area (TPSA) is 79.5 Å². The summed E-state index contributed by atoms with van der Waals surface area (Å²) in [6.07, 6.45) is 0. The molecule has 2 aromatic rings. The average Bonchev–Trinajstić information content (AvgIpc) is 2.69. The van der Waals surface area contributed by atoms with Gasteiger partial charge in [0.1, 0.15) is 0 Å². The normalized spacial score (nSPS) is 10.2. The maximum absolute atomic E-state index is 9.10. The molecule has 0 saturated heterocycles. The van der Waals surface area contributed by atoms with E-state index in [9.17, 15) is 0 Å². The quantitative estimate of drug-likeness (QED) is 0.785. The molecule has 0 spiro atoms. The number of fused-ring (bicyclic) bond motifs is 1. The third-order valence-corrected chi connectivity index (χ3v) is 3.12. The molecule has 0 aliphatic carbocycles. The summed E-state index contributed by atoms with van der Waals surface area (Å²) >= 11 is 0. The summed E-state index contributed by atoms with van der Waals surface area (Å²) in [5.41, 5.74) is 4.12. The third-order valence-electron chi connectivity index (χ3n) is 3.12. The van der Waals surface area contributed by atoms with Gasteiger partial charge in [-0.15, -0.1) is 0 Å². The van der Waals surface area contributed by atoms with E-state index in [2.05, 4.69) is 56.7 Å². The van der Waals surface area contributed by atoms with Gasteiger partial charge in [-0.1, -0.05) is 26.0 Å². The predicted molar refractivity (Wildman–Crippen MR) is 77.0 cm³/mol. The van der Waals surface area contributed by atoms with Gasteiger partial charge in [-0.2, -0.15) is 0 Å². The lowest BCUT2D eigenvalue weighted by molar-refractivity contribution is -0.159. The van der Waals surface area contributed by atoms with Crippen LogP contribution in [0.4, 0.5) is 0 Å². The van der Waals surface area contributed by atoms with E-state index in [4.69, 9.17) is 19.8 Å². The number of hydrogen-bond donors (Lipinski definition) is 2. The zero-order valence-corrected chi connectivity index (χ0v) is 12.0. The van der Waals surface area contributed by atoms with Crippen LogP contribution < -0.4 is 0 Å². The van der Waals surface area contributed by atoms with E-state index in [1.165, 1.54) is 22.2 Å². The minimum atomic E-state index is -1.82. The Morgan fingerprint density at radius 1 is 1.15 bits per heavy atom. The van der Waals surface area contributed by atoms with Crippen molar-refractivity contribution in [2.24, 2.45) is 7.05 Å². The summed E-state index contributed by atoms with van der Waals surface area (Å²) in [6, 6.07) is 8.80. The fourth-order valence-electron chi connectivity index (χ4n) is 2.08. The average molecular weight is 277 g/mol. The number of benzene rings is 1. The lowest BCUT2D eigenvalue weighted by Crippen LogP contribution is -2.09. The van der Waals surface area contributed by atoms with Gasteiger partial charge in [-0.05, 0) is 30.5 Å². The van der Waals surface area contributed by atoms with Gasteiger partial charge in [0.25, 0.3) is 0 Å². The maximum atomic E-state index is 9.10. The highest BCUT2D eigenvalue weighted by molar-refractivity contribution is 6.27. The molecule has 0 saturated carbocycles. The highest BCUT2D eigenvalue weighted by Crippen LogP contribution is 2.26. The zero-order valence-electron chi connectivity index (χ0n) is 12.0. The number of nitrogens with zero attached hydrogens (tertiary/aromatic N) is 1. The van der Waals surface area contributed by atoms with Crippen molar-refractivity contribution in [3.8, 4) is 0 Å². The molecule has 0 unspecified atom stereocenters. The third kappa shape index (κ3) is 3.38. The molecule has 0 amide bonds. The van der Waals surface area contributed by atoms with Crippen molar-refractivity contribution in [3.63, 3.8) is 0 Å². The number of carboxylic acids is 2. The number of aliphatic carboxylic acids is 2. The van der Waals surface area contributed by atoms with Crippen LogP contribution in [0.2, 0.25) is 0 Å². The second kappa shape index (κ2) is 6.23. The molecule has 0 atom stereocenters. The van der Waals surface area contributed by atoms with Crippen LogP contribution in [0.25, 0.3) is 10.9 Å². The number of carboxylic acid groups (broad SMARTS) is 2. The highest BCUT2D eigenvalue weighted by Gasteiger charge is 2.09. The lowest BCUT2D eigenvalue weighted by atomic mass is 10.1. The summed E-state index contributed by atoms with van der Waals surface area (Å²) in [4.78, 5) is 18.2. The van der Waals surface area contributed by atoms with Gasteiger partial charge in [0.15, 0.2) is 0 Å². The van der Waals surface area contributed by atoms with Crippen molar-refractivity contribution in [1.82, 2.24) is 4.57 Å². The van der Waals surface area contributed by atoms with Gasteiger partial charge in [-0.3, -0.25) is 0 Å². The van der Waals surface area contributed by atoms with Crippen molar-refractivity contribution in [2.45, 2.75) is 26.7 Å². The first-order valence-corrected chi connectivity index (χ1v) is 6.26. The SMILES string of the molecule is Cc1cccc2c1cc(C(C)C)n2C.O=C(O)C(=O)O. The molecule has 0 aliphatic heterocycles. The fraction of sp³-hybridized carbons (Fsp3) is 0.333. The van der Waals surface area contributed by atoms with E-state index in [0.717, 1.165) is 0 Å². The van der Waals surface area contributed by atoms with Crippen LogP contribution in [0.3, 0.4) is 0 Å². The molecule has 2 N–H and O–H groups in total. The van der Waals surface area contributed by atoms with Crippen LogP contribution in [0, 0.1) is 6.92 Å². The number of aryl methyl sites for hydroxylation is 2. The smallest absolute Gasteiger partial charge is 0.414 e. The Labute approximate surface area is 117 Å². The molecule has 2 rings (SSSR count). The predicted octanol–water partition coefficient (Wildman–Crippen LogP) is 2.77. The number of hydrogen-bond acceptors (Lipinski definition) is 2. The maximum Gasteiger partial charge on any atom is 0.414 e. The molecular formula is C15H19NO4. The van der Waals surface area contributed by atoms with E-state index >= 15 is 0 Å². The summed E-state index contributed by atoms with van der Waals surface area (Å²) in [6.45, 7) is 6.65. The number of aromatic nitrogens is 1. The minimum absolute atomic E-state index is 0.590. The molecule has 0 radical (unpaired) electrons. The molecule has 20 heavy (non-hydrogen) atoms. The van der Waals surface area contributed by atoms with Crippen LogP contribution in [0.1, 0.15) is 31.0 Å². The Morgan fingerprint density at radius 2 is 1.70 bits per heavy atom. The lowest BCUT2D eigenvalue weighted by Gasteiger charge is -2.06. The van der Waals surface area contributed by atoms with E-state index in [1.807, 2.05) is 0 Å². The van der Waals surface area contributed by atoms with Crippen molar-refractivity contribution in [1.29, 1.82) is 0 Å². The molecule has 0 fully saturated rings. The standard InChI is InChI=1S/C13H17N.C2H2O4/c1-9(2)13-8-11-10(3)6-5-7-12(11)14(13)4;3-1(4)2(5)6/h5-9H,1-4H3;(H,3,4)(H,5,6). The van der Waals surface area contributed by atoms with Crippen LogP contribution >= 0.6 is 0 Å². The van der Waals surface area contributed by atoms with E-state index in [0.29, 0.717) is 5.92 Å². The zero-order chi connectivity index (χ0) is 15.4.